The summed E-state index contributed by atoms with van der Waals surface area (Å²) in [6.07, 6.45) is 1.32. The number of carbonyl (C=O) groups excluding carboxylic acids is 1. The van der Waals surface area contributed by atoms with Crippen LogP contribution in [-0.4, -0.2) is 58.5 Å². The van der Waals surface area contributed by atoms with Crippen molar-refractivity contribution in [3.63, 3.8) is 0 Å². The third kappa shape index (κ3) is 5.23. The highest BCUT2D eigenvalue weighted by Gasteiger charge is 2.42. The van der Waals surface area contributed by atoms with Crippen LogP contribution in [0.5, 0.6) is 17.2 Å². The fourth-order valence-corrected chi connectivity index (χ4v) is 4.58. The normalized spacial score (nSPS) is 26.1. The first-order valence-corrected chi connectivity index (χ1v) is 10.9. The van der Waals surface area contributed by atoms with Gasteiger partial charge in [-0.25, -0.2) is 0 Å². The van der Waals surface area contributed by atoms with Crippen LogP contribution in [0.1, 0.15) is 24.8 Å². The number of amides is 1. The van der Waals surface area contributed by atoms with Crippen molar-refractivity contribution in [1.29, 1.82) is 0 Å². The molecule has 2 aromatic rings. The molecule has 1 saturated heterocycles. The maximum atomic E-state index is 11.3. The number of likely N-dealkylation sites (tertiary alicyclic amines) is 1. The molecule has 1 aliphatic carbocycles. The Morgan fingerprint density at radius 3 is 2.65 bits per heavy atom. The van der Waals surface area contributed by atoms with Gasteiger partial charge < -0.3 is 25.4 Å². The van der Waals surface area contributed by atoms with Gasteiger partial charge in [0, 0.05) is 35.8 Å². The fraction of sp³-hybridized carbons (Fsp3) is 0.435. The van der Waals surface area contributed by atoms with Crippen molar-refractivity contribution in [3.8, 4) is 17.2 Å². The predicted octanol–water partition coefficient (Wildman–Crippen LogP) is 2.50. The minimum atomic E-state index is -0.682. The molecule has 8 heteroatoms. The van der Waals surface area contributed by atoms with Crippen LogP contribution in [0, 0.1) is 0 Å². The number of nitrogens with two attached hydrogens (primary N) is 1. The minimum absolute atomic E-state index is 0.0116. The summed E-state index contributed by atoms with van der Waals surface area (Å²) in [5.74, 6) is 0.724. The number of benzene rings is 2. The number of phenols is 1. The second-order valence-corrected chi connectivity index (χ2v) is 8.64. The number of aliphatic hydroxyl groups is 1. The zero-order valence-electron chi connectivity index (χ0n) is 17.1. The molecule has 0 bridgehead atoms. The molecule has 4 atom stereocenters. The number of ether oxygens (including phenoxy) is 2. The van der Waals surface area contributed by atoms with E-state index in [0.29, 0.717) is 22.8 Å². The largest absolute Gasteiger partial charge is 0.508 e. The first-order valence-electron chi connectivity index (χ1n) is 10.5. The van der Waals surface area contributed by atoms with Gasteiger partial charge in [0.1, 0.15) is 35.6 Å². The lowest BCUT2D eigenvalue weighted by molar-refractivity contribution is -0.117. The molecule has 4 rings (SSSR count). The van der Waals surface area contributed by atoms with Crippen LogP contribution >= 0.6 is 11.6 Å². The fourth-order valence-electron chi connectivity index (χ4n) is 4.46. The van der Waals surface area contributed by atoms with Gasteiger partial charge in [-0.2, -0.15) is 0 Å². The summed E-state index contributed by atoms with van der Waals surface area (Å²) in [5, 5.41) is 21.4. The summed E-state index contributed by atoms with van der Waals surface area (Å²) in [5.41, 5.74) is 5.91. The number of aliphatic hydroxyl groups excluding tert-OH is 1. The number of rotatable bonds is 7. The van der Waals surface area contributed by atoms with Crippen molar-refractivity contribution in [2.24, 2.45) is 5.73 Å². The van der Waals surface area contributed by atoms with E-state index in [0.717, 1.165) is 31.7 Å². The van der Waals surface area contributed by atoms with Gasteiger partial charge in [-0.3, -0.25) is 9.69 Å². The first-order chi connectivity index (χ1) is 14.9. The highest BCUT2D eigenvalue weighted by Crippen LogP contribution is 2.34. The molecule has 4 N–H and O–H groups in total. The number of nitrogens with zero attached hydrogens (tertiary/aromatic N) is 1. The highest BCUT2D eigenvalue weighted by molar-refractivity contribution is 6.30. The second-order valence-electron chi connectivity index (χ2n) is 8.20. The summed E-state index contributed by atoms with van der Waals surface area (Å²) in [7, 11) is 0. The molecular formula is C23H27ClN2O5. The Hall–Kier alpha value is -2.48. The quantitative estimate of drug-likeness (QED) is 0.603. The standard InChI is InChI=1S/C23H27ClN2O5/c24-15-2-5-17(6-3-15)30-18-9-10-26(13-18)19-7-8-20(23(19)29)31-21-12-16(27)4-1-14(21)11-22(25)28/h1-6,12,18-20,23,27,29H,7-11,13H2,(H2,25,28)/t18-,19+,20+,23-/m0/s1. The number of halogens is 1. The zero-order chi connectivity index (χ0) is 22.0. The average Bonchev–Trinajstić information content (AvgIpc) is 3.32. The zero-order valence-corrected chi connectivity index (χ0v) is 17.9. The van der Waals surface area contributed by atoms with E-state index in [1.165, 1.54) is 12.1 Å². The average molecular weight is 447 g/mol. The maximum Gasteiger partial charge on any atom is 0.221 e. The molecule has 0 aromatic heterocycles. The smallest absolute Gasteiger partial charge is 0.221 e. The lowest BCUT2D eigenvalue weighted by Gasteiger charge is -2.28. The van der Waals surface area contributed by atoms with Crippen LogP contribution in [0.25, 0.3) is 0 Å². The minimum Gasteiger partial charge on any atom is -0.508 e. The Kier molecular flexibility index (Phi) is 6.55. The van der Waals surface area contributed by atoms with Gasteiger partial charge in [0.15, 0.2) is 0 Å². The van der Waals surface area contributed by atoms with Crippen LogP contribution in [0.3, 0.4) is 0 Å². The molecular weight excluding hydrogens is 420 g/mol. The van der Waals surface area contributed by atoms with Crippen molar-refractivity contribution in [1.82, 2.24) is 4.90 Å². The summed E-state index contributed by atoms with van der Waals surface area (Å²) in [6, 6.07) is 11.9. The van der Waals surface area contributed by atoms with Gasteiger partial charge in [-0.1, -0.05) is 17.7 Å². The van der Waals surface area contributed by atoms with Crippen molar-refractivity contribution in [2.45, 2.75) is 50.0 Å². The van der Waals surface area contributed by atoms with Gasteiger partial charge in [-0.15, -0.1) is 0 Å². The summed E-state index contributed by atoms with van der Waals surface area (Å²) >= 11 is 5.93. The lowest BCUT2D eigenvalue weighted by atomic mass is 10.1. The summed E-state index contributed by atoms with van der Waals surface area (Å²) in [6.45, 7) is 1.57. The van der Waals surface area contributed by atoms with E-state index in [-0.39, 0.29) is 24.3 Å². The van der Waals surface area contributed by atoms with Crippen molar-refractivity contribution < 1.29 is 24.5 Å². The molecule has 166 valence electrons. The molecule has 1 amide bonds. The van der Waals surface area contributed by atoms with E-state index in [4.69, 9.17) is 26.8 Å². The van der Waals surface area contributed by atoms with E-state index in [9.17, 15) is 15.0 Å². The topological polar surface area (TPSA) is 105 Å². The third-order valence-electron chi connectivity index (χ3n) is 5.98. The Bertz CT molecular complexity index is 923. The molecule has 0 radical (unpaired) electrons. The lowest BCUT2D eigenvalue weighted by Crippen LogP contribution is -2.44. The molecule has 2 fully saturated rings. The number of hydrogen-bond acceptors (Lipinski definition) is 6. The maximum absolute atomic E-state index is 11.3. The Morgan fingerprint density at radius 1 is 1.13 bits per heavy atom. The van der Waals surface area contributed by atoms with Crippen LogP contribution < -0.4 is 15.2 Å². The molecule has 2 aliphatic rings. The summed E-state index contributed by atoms with van der Waals surface area (Å²) < 4.78 is 12.1. The summed E-state index contributed by atoms with van der Waals surface area (Å²) in [4.78, 5) is 13.6. The molecule has 2 aromatic carbocycles. The molecule has 1 heterocycles. The van der Waals surface area contributed by atoms with Crippen LogP contribution in [-0.2, 0) is 11.2 Å². The van der Waals surface area contributed by atoms with E-state index in [2.05, 4.69) is 4.90 Å². The van der Waals surface area contributed by atoms with Crippen LogP contribution in [0.15, 0.2) is 42.5 Å². The Morgan fingerprint density at radius 2 is 1.90 bits per heavy atom. The SMILES string of the molecule is NC(=O)Cc1ccc(O)cc1O[C@@H]1CC[C@@H](N2CC[C@H](Oc3ccc(Cl)cc3)C2)[C@@H]1O. The second kappa shape index (κ2) is 9.34. The Balaban J connectivity index is 1.36. The van der Waals surface area contributed by atoms with E-state index < -0.39 is 18.1 Å². The number of phenolic OH excluding ortho intramolecular Hbond substituents is 1. The van der Waals surface area contributed by atoms with E-state index in [1.807, 2.05) is 12.1 Å². The first kappa shape index (κ1) is 21.7. The van der Waals surface area contributed by atoms with Crippen molar-refractivity contribution in [3.05, 3.63) is 53.1 Å². The van der Waals surface area contributed by atoms with Gasteiger partial charge in [0.25, 0.3) is 0 Å². The van der Waals surface area contributed by atoms with Gasteiger partial charge in [0.2, 0.25) is 5.91 Å². The third-order valence-corrected chi connectivity index (χ3v) is 6.23. The molecule has 31 heavy (non-hydrogen) atoms. The molecule has 1 saturated carbocycles. The highest BCUT2D eigenvalue weighted by atomic mass is 35.5. The molecule has 7 nitrogen and oxygen atoms in total. The van der Waals surface area contributed by atoms with E-state index in [1.54, 1.807) is 18.2 Å². The van der Waals surface area contributed by atoms with Crippen LogP contribution in [0.2, 0.25) is 5.02 Å². The number of primary amides is 1. The predicted molar refractivity (Wildman–Crippen MR) is 117 cm³/mol. The Labute approximate surface area is 186 Å². The van der Waals surface area contributed by atoms with Gasteiger partial charge in [0.05, 0.1) is 6.42 Å². The van der Waals surface area contributed by atoms with Crippen LogP contribution in [0.4, 0.5) is 0 Å². The number of carbonyl (C=O) groups is 1. The van der Waals surface area contributed by atoms with Crippen molar-refractivity contribution in [2.75, 3.05) is 13.1 Å². The number of aromatic hydroxyl groups is 1. The van der Waals surface area contributed by atoms with Gasteiger partial charge in [-0.05, 0) is 49.6 Å². The monoisotopic (exact) mass is 446 g/mol. The van der Waals surface area contributed by atoms with Gasteiger partial charge >= 0.3 is 0 Å². The van der Waals surface area contributed by atoms with Crippen molar-refractivity contribution >= 4 is 17.5 Å². The molecule has 1 aliphatic heterocycles. The molecule has 0 spiro atoms. The number of hydrogen-bond donors (Lipinski definition) is 3. The van der Waals surface area contributed by atoms with E-state index >= 15 is 0 Å². The molecule has 0 unspecified atom stereocenters.